The number of nitrogens with zero attached hydrogens (tertiary/aromatic N) is 3. The number of carbonyl (C=O) groups is 1. The number of halogens is 1. The van der Waals surface area contributed by atoms with Crippen molar-refractivity contribution in [1.29, 1.82) is 0 Å². The largest absolute Gasteiger partial charge is 0.444 e. The number of rotatable bonds is 4. The van der Waals surface area contributed by atoms with Crippen molar-refractivity contribution in [2.45, 2.75) is 58.5 Å². The van der Waals surface area contributed by atoms with Crippen molar-refractivity contribution in [3.63, 3.8) is 0 Å². The number of likely N-dealkylation sites (tertiary alicyclic amines) is 1. The van der Waals surface area contributed by atoms with Crippen molar-refractivity contribution in [3.05, 3.63) is 34.1 Å². The van der Waals surface area contributed by atoms with Gasteiger partial charge in [0, 0.05) is 32.2 Å². The Morgan fingerprint density at radius 3 is 2.20 bits per heavy atom. The van der Waals surface area contributed by atoms with E-state index in [-0.39, 0.29) is 11.8 Å². The van der Waals surface area contributed by atoms with E-state index in [0.717, 1.165) is 64.3 Å². The molecule has 0 spiro atoms. The molecule has 0 unspecified atom stereocenters. The lowest BCUT2D eigenvalue weighted by Crippen LogP contribution is -2.42. The molecule has 2 heterocycles. The molecule has 30 heavy (non-hydrogen) atoms. The molecule has 7 nitrogen and oxygen atoms in total. The van der Waals surface area contributed by atoms with E-state index in [1.54, 1.807) is 0 Å². The maximum absolute atomic E-state index is 14.3. The van der Waals surface area contributed by atoms with E-state index in [0.29, 0.717) is 17.5 Å². The predicted molar refractivity (Wildman–Crippen MR) is 113 cm³/mol. The molecule has 0 radical (unpaired) electrons. The zero-order valence-electron chi connectivity index (χ0n) is 18.1. The fraction of sp³-hybridized carbons (Fsp3) is 0.682. The number of anilines is 1. The molecule has 1 aromatic rings. The predicted octanol–water partition coefficient (Wildman–Crippen LogP) is 4.99. The van der Waals surface area contributed by atoms with Crippen LogP contribution >= 0.6 is 0 Å². The van der Waals surface area contributed by atoms with Crippen LogP contribution in [0, 0.1) is 27.8 Å². The van der Waals surface area contributed by atoms with Gasteiger partial charge in [0.2, 0.25) is 0 Å². The van der Waals surface area contributed by atoms with Crippen molar-refractivity contribution >= 4 is 17.5 Å². The van der Waals surface area contributed by atoms with Gasteiger partial charge in [-0.1, -0.05) is 0 Å². The second kappa shape index (κ2) is 9.18. The summed E-state index contributed by atoms with van der Waals surface area (Å²) in [5.74, 6) is 0.675. The Hall–Kier alpha value is -2.38. The van der Waals surface area contributed by atoms with E-state index >= 15 is 0 Å². The molecule has 0 N–H and O–H groups in total. The zero-order valence-corrected chi connectivity index (χ0v) is 18.1. The number of carbonyl (C=O) groups excluding carboxylic acids is 1. The first kappa shape index (κ1) is 22.3. The summed E-state index contributed by atoms with van der Waals surface area (Å²) in [5, 5.41) is 10.8. The SMILES string of the molecule is CC(C)(C)OC(=O)N1CCC(CC2CCN(c3ccc([N+](=O)[O-])cc3F)CC2)CC1. The number of piperidine rings is 2. The van der Waals surface area contributed by atoms with Crippen LogP contribution in [0.5, 0.6) is 0 Å². The van der Waals surface area contributed by atoms with E-state index in [4.69, 9.17) is 4.74 Å². The summed E-state index contributed by atoms with van der Waals surface area (Å²) in [7, 11) is 0. The number of benzene rings is 1. The van der Waals surface area contributed by atoms with Gasteiger partial charge in [-0.15, -0.1) is 0 Å². The Kier molecular flexibility index (Phi) is 6.83. The smallest absolute Gasteiger partial charge is 0.410 e. The third-order valence-electron chi connectivity index (χ3n) is 6.03. The first-order valence-corrected chi connectivity index (χ1v) is 10.8. The average Bonchev–Trinajstić information content (AvgIpc) is 2.68. The summed E-state index contributed by atoms with van der Waals surface area (Å²) in [6.45, 7) is 8.65. The van der Waals surface area contributed by atoms with Gasteiger partial charge in [0.05, 0.1) is 16.7 Å². The Morgan fingerprint density at radius 1 is 1.13 bits per heavy atom. The standard InChI is InChI=1S/C22H32FN3O4/c1-22(2,3)30-21(27)25-12-8-17(9-13-25)14-16-6-10-24(11-7-16)20-5-4-18(26(28)29)15-19(20)23/h4-5,15-17H,6-14H2,1-3H3. The van der Waals surface area contributed by atoms with Gasteiger partial charge in [-0.25, -0.2) is 9.18 Å². The molecule has 0 atom stereocenters. The molecule has 2 saturated heterocycles. The molecule has 0 aromatic heterocycles. The van der Waals surface area contributed by atoms with Crippen molar-refractivity contribution < 1.29 is 18.8 Å². The van der Waals surface area contributed by atoms with Crippen LogP contribution in [-0.4, -0.2) is 47.7 Å². The quantitative estimate of drug-likeness (QED) is 0.506. The van der Waals surface area contributed by atoms with Gasteiger partial charge < -0.3 is 14.5 Å². The van der Waals surface area contributed by atoms with Crippen LogP contribution in [0.1, 0.15) is 52.9 Å². The van der Waals surface area contributed by atoms with E-state index in [9.17, 15) is 19.3 Å². The molecule has 1 aromatic carbocycles. The number of hydrogen-bond donors (Lipinski definition) is 0. The minimum atomic E-state index is -0.576. The fourth-order valence-electron chi connectivity index (χ4n) is 4.42. The summed E-state index contributed by atoms with van der Waals surface area (Å²) in [5.41, 5.74) is -0.237. The highest BCUT2D eigenvalue weighted by atomic mass is 19.1. The molecule has 2 fully saturated rings. The third-order valence-corrected chi connectivity index (χ3v) is 6.03. The molecular formula is C22H32FN3O4. The Balaban J connectivity index is 1.44. The highest BCUT2D eigenvalue weighted by Gasteiger charge is 2.29. The molecular weight excluding hydrogens is 389 g/mol. The van der Waals surface area contributed by atoms with Crippen LogP contribution in [-0.2, 0) is 4.74 Å². The maximum atomic E-state index is 14.3. The molecule has 0 saturated carbocycles. The molecule has 166 valence electrons. The average molecular weight is 422 g/mol. The molecule has 2 aliphatic rings. The lowest BCUT2D eigenvalue weighted by atomic mass is 9.83. The Labute approximate surface area is 177 Å². The highest BCUT2D eigenvalue weighted by molar-refractivity contribution is 5.68. The van der Waals surface area contributed by atoms with Crippen LogP contribution in [0.3, 0.4) is 0 Å². The second-order valence-corrected chi connectivity index (χ2v) is 9.47. The Morgan fingerprint density at radius 2 is 1.70 bits per heavy atom. The van der Waals surface area contributed by atoms with Crippen molar-refractivity contribution in [2.24, 2.45) is 11.8 Å². The van der Waals surface area contributed by atoms with Gasteiger partial charge in [0.15, 0.2) is 5.82 Å². The van der Waals surface area contributed by atoms with E-state index in [1.807, 2.05) is 30.6 Å². The Bertz CT molecular complexity index is 764. The van der Waals surface area contributed by atoms with Crippen molar-refractivity contribution in [3.8, 4) is 0 Å². The number of nitro groups is 1. The minimum absolute atomic E-state index is 0.219. The minimum Gasteiger partial charge on any atom is -0.444 e. The molecule has 0 bridgehead atoms. The number of hydrogen-bond acceptors (Lipinski definition) is 5. The van der Waals surface area contributed by atoms with Gasteiger partial charge in [0.25, 0.3) is 5.69 Å². The monoisotopic (exact) mass is 421 g/mol. The summed E-state index contributed by atoms with van der Waals surface area (Å²) in [6.07, 6.45) is 4.89. The van der Waals surface area contributed by atoms with Gasteiger partial charge in [0.1, 0.15) is 5.60 Å². The van der Waals surface area contributed by atoms with Crippen LogP contribution in [0.25, 0.3) is 0 Å². The van der Waals surface area contributed by atoms with Gasteiger partial charge in [-0.3, -0.25) is 10.1 Å². The summed E-state index contributed by atoms with van der Waals surface area (Å²) >= 11 is 0. The number of amides is 1. The zero-order chi connectivity index (χ0) is 21.9. The first-order valence-electron chi connectivity index (χ1n) is 10.8. The third kappa shape index (κ3) is 5.83. The van der Waals surface area contributed by atoms with Crippen molar-refractivity contribution in [2.75, 3.05) is 31.1 Å². The number of ether oxygens (including phenoxy) is 1. The lowest BCUT2D eigenvalue weighted by molar-refractivity contribution is -0.385. The molecule has 1 amide bonds. The van der Waals surface area contributed by atoms with Gasteiger partial charge in [-0.05, 0) is 70.8 Å². The summed E-state index contributed by atoms with van der Waals surface area (Å²) in [4.78, 5) is 26.2. The molecule has 3 rings (SSSR count). The van der Waals surface area contributed by atoms with Gasteiger partial charge >= 0.3 is 6.09 Å². The first-order chi connectivity index (χ1) is 14.1. The van der Waals surface area contributed by atoms with Crippen LogP contribution in [0.15, 0.2) is 18.2 Å². The van der Waals surface area contributed by atoms with E-state index in [1.165, 1.54) is 12.1 Å². The topological polar surface area (TPSA) is 75.9 Å². The summed E-state index contributed by atoms with van der Waals surface area (Å²) in [6, 6.07) is 3.88. The molecule has 8 heteroatoms. The van der Waals surface area contributed by atoms with E-state index in [2.05, 4.69) is 0 Å². The number of nitro benzene ring substituents is 1. The molecule has 2 aliphatic heterocycles. The summed E-state index contributed by atoms with van der Waals surface area (Å²) < 4.78 is 19.7. The lowest BCUT2D eigenvalue weighted by Gasteiger charge is -2.37. The van der Waals surface area contributed by atoms with Crippen LogP contribution in [0.4, 0.5) is 20.6 Å². The number of non-ortho nitro benzene ring substituents is 1. The van der Waals surface area contributed by atoms with E-state index < -0.39 is 16.3 Å². The van der Waals surface area contributed by atoms with Crippen molar-refractivity contribution in [1.82, 2.24) is 4.90 Å². The maximum Gasteiger partial charge on any atom is 0.410 e. The van der Waals surface area contributed by atoms with Crippen LogP contribution in [0.2, 0.25) is 0 Å². The molecule has 0 aliphatic carbocycles. The fourth-order valence-corrected chi connectivity index (χ4v) is 4.42. The highest BCUT2D eigenvalue weighted by Crippen LogP contribution is 2.33. The van der Waals surface area contributed by atoms with Crippen LogP contribution < -0.4 is 4.90 Å². The van der Waals surface area contributed by atoms with Gasteiger partial charge in [-0.2, -0.15) is 0 Å². The second-order valence-electron chi connectivity index (χ2n) is 9.47. The normalized spacial score (nSPS) is 19.1.